The molecule has 1 aromatic rings. The summed E-state index contributed by atoms with van der Waals surface area (Å²) in [7, 11) is -3.29. The summed E-state index contributed by atoms with van der Waals surface area (Å²) in [6, 6.07) is 4.47. The van der Waals surface area contributed by atoms with Crippen LogP contribution in [0.4, 0.5) is 5.69 Å². The van der Waals surface area contributed by atoms with Crippen LogP contribution < -0.4 is 5.73 Å². The zero-order chi connectivity index (χ0) is 12.3. The Labute approximate surface area is 102 Å². The van der Waals surface area contributed by atoms with Gasteiger partial charge in [0.2, 0.25) is 0 Å². The van der Waals surface area contributed by atoms with E-state index in [2.05, 4.69) is 0 Å². The summed E-state index contributed by atoms with van der Waals surface area (Å²) in [5.74, 6) is 0.472. The fourth-order valence-electron chi connectivity index (χ4n) is 1.30. The van der Waals surface area contributed by atoms with Crippen molar-refractivity contribution >= 4 is 27.1 Å². The largest absolute Gasteiger partial charge is 0.398 e. The van der Waals surface area contributed by atoms with Gasteiger partial charge in [0, 0.05) is 5.02 Å². The number of anilines is 1. The smallest absolute Gasteiger partial charge is 0.180 e. The molecule has 0 unspecified atom stereocenters. The zero-order valence-corrected chi connectivity index (χ0v) is 11.0. The first kappa shape index (κ1) is 13.3. The van der Waals surface area contributed by atoms with Gasteiger partial charge in [0.25, 0.3) is 0 Å². The minimum absolute atomic E-state index is 0.122. The molecule has 0 radical (unpaired) electrons. The van der Waals surface area contributed by atoms with Crippen molar-refractivity contribution in [3.63, 3.8) is 0 Å². The molecular formula is C11H16ClNO2S. The first-order chi connectivity index (χ1) is 7.33. The Kier molecular flexibility index (Phi) is 4.21. The second-order valence-electron chi connectivity index (χ2n) is 4.18. The molecule has 0 aliphatic carbocycles. The van der Waals surface area contributed by atoms with Gasteiger partial charge in [-0.15, -0.1) is 0 Å². The molecule has 90 valence electrons. The van der Waals surface area contributed by atoms with Gasteiger partial charge in [-0.1, -0.05) is 25.4 Å². The first-order valence-electron chi connectivity index (χ1n) is 5.10. The van der Waals surface area contributed by atoms with Crippen LogP contribution in [0.25, 0.3) is 0 Å². The van der Waals surface area contributed by atoms with Crippen LogP contribution in [0.15, 0.2) is 23.1 Å². The topological polar surface area (TPSA) is 60.2 Å². The van der Waals surface area contributed by atoms with E-state index in [1.165, 1.54) is 12.1 Å². The van der Waals surface area contributed by atoms with Gasteiger partial charge in [-0.05, 0) is 30.5 Å². The van der Waals surface area contributed by atoms with Gasteiger partial charge in [0.1, 0.15) is 0 Å². The van der Waals surface area contributed by atoms with Crippen LogP contribution in [0.5, 0.6) is 0 Å². The number of nitrogen functional groups attached to an aromatic ring is 1. The lowest BCUT2D eigenvalue weighted by Gasteiger charge is -2.09. The Morgan fingerprint density at radius 2 is 2.00 bits per heavy atom. The summed E-state index contributed by atoms with van der Waals surface area (Å²) in [5.41, 5.74) is 5.87. The molecule has 0 fully saturated rings. The SMILES string of the molecule is CC(C)CCS(=O)(=O)c1ccc(Cl)cc1N. The van der Waals surface area contributed by atoms with E-state index in [9.17, 15) is 8.42 Å². The van der Waals surface area contributed by atoms with E-state index in [-0.39, 0.29) is 16.3 Å². The van der Waals surface area contributed by atoms with Crippen LogP contribution in [0, 0.1) is 5.92 Å². The lowest BCUT2D eigenvalue weighted by Crippen LogP contribution is -2.11. The third kappa shape index (κ3) is 3.39. The second kappa shape index (κ2) is 5.06. The molecule has 5 heteroatoms. The normalized spacial score (nSPS) is 12.0. The van der Waals surface area contributed by atoms with Gasteiger partial charge >= 0.3 is 0 Å². The van der Waals surface area contributed by atoms with Crippen LogP contribution in [-0.4, -0.2) is 14.2 Å². The van der Waals surface area contributed by atoms with Gasteiger partial charge < -0.3 is 5.73 Å². The highest BCUT2D eigenvalue weighted by atomic mass is 35.5. The summed E-state index contributed by atoms with van der Waals surface area (Å²) in [6.45, 7) is 3.97. The Balaban J connectivity index is 2.99. The van der Waals surface area contributed by atoms with E-state index < -0.39 is 9.84 Å². The molecule has 0 heterocycles. The summed E-state index contributed by atoms with van der Waals surface area (Å²) >= 11 is 5.72. The van der Waals surface area contributed by atoms with Gasteiger partial charge in [-0.2, -0.15) is 0 Å². The molecule has 0 aromatic heterocycles. The summed E-state index contributed by atoms with van der Waals surface area (Å²) in [6.07, 6.45) is 0.629. The molecule has 2 N–H and O–H groups in total. The number of benzene rings is 1. The van der Waals surface area contributed by atoms with Crippen LogP contribution in [0.2, 0.25) is 5.02 Å². The predicted octanol–water partition coefficient (Wildman–Crippen LogP) is 2.74. The maximum Gasteiger partial charge on any atom is 0.180 e. The lowest BCUT2D eigenvalue weighted by molar-refractivity contribution is 0.574. The average molecular weight is 262 g/mol. The van der Waals surface area contributed by atoms with Crippen LogP contribution in [0.1, 0.15) is 20.3 Å². The van der Waals surface area contributed by atoms with Crippen molar-refractivity contribution in [2.24, 2.45) is 5.92 Å². The number of hydrogen-bond donors (Lipinski definition) is 1. The highest BCUT2D eigenvalue weighted by molar-refractivity contribution is 7.91. The Hall–Kier alpha value is -0.740. The number of rotatable bonds is 4. The van der Waals surface area contributed by atoms with Crippen molar-refractivity contribution in [1.29, 1.82) is 0 Å². The molecule has 0 saturated heterocycles. The zero-order valence-electron chi connectivity index (χ0n) is 9.40. The predicted molar refractivity (Wildman–Crippen MR) is 67.4 cm³/mol. The molecule has 0 aliphatic heterocycles. The van der Waals surface area contributed by atoms with Crippen LogP contribution >= 0.6 is 11.6 Å². The van der Waals surface area contributed by atoms with E-state index in [1.54, 1.807) is 6.07 Å². The first-order valence-corrected chi connectivity index (χ1v) is 7.14. The van der Waals surface area contributed by atoms with Gasteiger partial charge in [0.05, 0.1) is 16.3 Å². The van der Waals surface area contributed by atoms with Gasteiger partial charge in [-0.3, -0.25) is 0 Å². The van der Waals surface area contributed by atoms with Crippen molar-refractivity contribution in [3.05, 3.63) is 23.2 Å². The molecule has 16 heavy (non-hydrogen) atoms. The summed E-state index contributed by atoms with van der Waals surface area (Å²) < 4.78 is 23.9. The second-order valence-corrected chi connectivity index (χ2v) is 6.70. The molecular weight excluding hydrogens is 246 g/mol. The molecule has 0 atom stereocenters. The Morgan fingerprint density at radius 3 is 2.50 bits per heavy atom. The molecule has 1 aromatic carbocycles. The maximum atomic E-state index is 11.9. The van der Waals surface area contributed by atoms with Crippen LogP contribution in [-0.2, 0) is 9.84 Å². The maximum absolute atomic E-state index is 11.9. The van der Waals surface area contributed by atoms with E-state index in [1.807, 2.05) is 13.8 Å². The highest BCUT2D eigenvalue weighted by Crippen LogP contribution is 2.24. The molecule has 0 aliphatic rings. The average Bonchev–Trinajstić information content (AvgIpc) is 2.14. The van der Waals surface area contributed by atoms with E-state index in [0.717, 1.165) is 0 Å². The molecule has 0 saturated carbocycles. The molecule has 0 amide bonds. The standard InChI is InChI=1S/C11H16ClNO2S/c1-8(2)5-6-16(14,15)11-4-3-9(12)7-10(11)13/h3-4,7-8H,5-6,13H2,1-2H3. The number of hydrogen-bond acceptors (Lipinski definition) is 3. The third-order valence-electron chi connectivity index (χ3n) is 2.27. The van der Waals surface area contributed by atoms with E-state index >= 15 is 0 Å². The van der Waals surface area contributed by atoms with Crippen molar-refractivity contribution < 1.29 is 8.42 Å². The van der Waals surface area contributed by atoms with Gasteiger partial charge in [-0.25, -0.2) is 8.42 Å². The van der Waals surface area contributed by atoms with Crippen LogP contribution in [0.3, 0.4) is 0 Å². The molecule has 1 rings (SSSR count). The number of sulfone groups is 1. The van der Waals surface area contributed by atoms with Crippen molar-refractivity contribution in [2.45, 2.75) is 25.2 Å². The fraction of sp³-hybridized carbons (Fsp3) is 0.455. The van der Waals surface area contributed by atoms with Crippen molar-refractivity contribution in [3.8, 4) is 0 Å². The molecule has 3 nitrogen and oxygen atoms in total. The number of nitrogens with two attached hydrogens (primary N) is 1. The third-order valence-corrected chi connectivity index (χ3v) is 4.32. The summed E-state index contributed by atoms with van der Waals surface area (Å²) in [5, 5.41) is 0.445. The molecule has 0 spiro atoms. The highest BCUT2D eigenvalue weighted by Gasteiger charge is 2.17. The summed E-state index contributed by atoms with van der Waals surface area (Å²) in [4.78, 5) is 0.178. The Morgan fingerprint density at radius 1 is 1.38 bits per heavy atom. The monoisotopic (exact) mass is 261 g/mol. The quantitative estimate of drug-likeness (QED) is 0.848. The fourth-order valence-corrected chi connectivity index (χ4v) is 3.18. The van der Waals surface area contributed by atoms with Gasteiger partial charge in [0.15, 0.2) is 9.84 Å². The molecule has 0 bridgehead atoms. The Bertz CT molecular complexity index is 469. The minimum atomic E-state index is -3.29. The van der Waals surface area contributed by atoms with E-state index in [4.69, 9.17) is 17.3 Å². The van der Waals surface area contributed by atoms with E-state index in [0.29, 0.717) is 17.4 Å². The van der Waals surface area contributed by atoms with Crippen molar-refractivity contribution in [1.82, 2.24) is 0 Å². The van der Waals surface area contributed by atoms with Crippen molar-refractivity contribution in [2.75, 3.05) is 11.5 Å². The lowest BCUT2D eigenvalue weighted by atomic mass is 10.2. The number of halogens is 1. The minimum Gasteiger partial charge on any atom is -0.398 e.